The molecule has 1 N–H and O–H groups in total. The number of benzene rings is 2. The highest BCUT2D eigenvalue weighted by molar-refractivity contribution is 7.99. The van der Waals surface area contributed by atoms with Crippen LogP contribution in [-0.4, -0.2) is 28.2 Å². The largest absolute Gasteiger partial charge is 0.370 e. The number of H-pyrrole nitrogens is 1. The number of morpholine rings is 1. The minimum Gasteiger partial charge on any atom is -0.370 e. The average molecular weight is 359 g/mol. The van der Waals surface area contributed by atoms with Crippen LogP contribution in [0, 0.1) is 6.61 Å². The highest BCUT2D eigenvalue weighted by Gasteiger charge is 2.32. The number of aromatic amines is 1. The number of imidazole rings is 1. The summed E-state index contributed by atoms with van der Waals surface area (Å²) in [5, 5.41) is 0.878. The summed E-state index contributed by atoms with van der Waals surface area (Å²) >= 11 is 7.79. The molecule has 24 heavy (non-hydrogen) atoms. The van der Waals surface area contributed by atoms with Gasteiger partial charge in [0.25, 0.3) is 0 Å². The van der Waals surface area contributed by atoms with Crippen molar-refractivity contribution < 1.29 is 4.74 Å². The number of hydrogen-bond donors (Lipinski definition) is 1. The summed E-state index contributed by atoms with van der Waals surface area (Å²) in [6, 6.07) is 14.4. The van der Waals surface area contributed by atoms with Gasteiger partial charge in [0.05, 0.1) is 30.0 Å². The molecule has 4 nitrogen and oxygen atoms in total. The van der Waals surface area contributed by atoms with Crippen LogP contribution in [-0.2, 0) is 4.74 Å². The second-order valence-corrected chi connectivity index (χ2v) is 7.07. The minimum absolute atomic E-state index is 0.126. The van der Waals surface area contributed by atoms with Gasteiger partial charge < -0.3 is 14.6 Å². The van der Waals surface area contributed by atoms with Crippen LogP contribution < -0.4 is 4.90 Å². The molecule has 1 fully saturated rings. The molecule has 0 saturated carbocycles. The van der Waals surface area contributed by atoms with Crippen molar-refractivity contribution in [2.75, 3.05) is 17.8 Å². The van der Waals surface area contributed by atoms with Crippen LogP contribution in [0.25, 0.3) is 11.0 Å². The van der Waals surface area contributed by atoms with E-state index in [9.17, 15) is 0 Å². The third-order valence-electron chi connectivity index (χ3n) is 4.28. The van der Waals surface area contributed by atoms with Crippen LogP contribution in [0.15, 0.2) is 48.8 Å². The van der Waals surface area contributed by atoms with E-state index in [0.717, 1.165) is 21.7 Å². The standard InChI is InChI=1S/C18H17ClN3OS/c1-24-18-10-23-9-17(12-2-4-13(19)5-3-12)22(18)14-6-7-15-16(8-14)21-11-20-15/h2-8,10-11,17-18H,9H2,1H3,(H,20,21). The monoisotopic (exact) mass is 358 g/mol. The Morgan fingerprint density at radius 1 is 1.25 bits per heavy atom. The van der Waals surface area contributed by atoms with Crippen molar-refractivity contribution in [2.24, 2.45) is 0 Å². The molecule has 0 bridgehead atoms. The molecular weight excluding hydrogens is 342 g/mol. The molecular formula is C18H17ClN3OS. The Bertz CT molecular complexity index is 836. The summed E-state index contributed by atoms with van der Waals surface area (Å²) in [4.78, 5) is 9.91. The maximum absolute atomic E-state index is 6.05. The van der Waals surface area contributed by atoms with E-state index in [2.05, 4.69) is 51.5 Å². The lowest BCUT2D eigenvalue weighted by Crippen LogP contribution is -2.43. The van der Waals surface area contributed by atoms with Gasteiger partial charge in [-0.3, -0.25) is 0 Å². The van der Waals surface area contributed by atoms with Gasteiger partial charge in [-0.2, -0.15) is 0 Å². The Balaban J connectivity index is 1.77. The molecule has 0 spiro atoms. The number of hydrogen-bond acceptors (Lipinski definition) is 4. The molecule has 3 aromatic rings. The topological polar surface area (TPSA) is 41.1 Å². The predicted molar refractivity (Wildman–Crippen MR) is 100 cm³/mol. The van der Waals surface area contributed by atoms with Gasteiger partial charge >= 0.3 is 0 Å². The number of rotatable bonds is 3. The molecule has 2 atom stereocenters. The molecule has 1 aromatic heterocycles. The van der Waals surface area contributed by atoms with Crippen molar-refractivity contribution in [3.63, 3.8) is 0 Å². The Hall–Kier alpha value is -1.69. The first-order valence-electron chi connectivity index (χ1n) is 7.71. The molecule has 2 heterocycles. The summed E-state index contributed by atoms with van der Waals surface area (Å²) in [6.45, 7) is 2.52. The lowest BCUT2D eigenvalue weighted by Gasteiger charge is -2.42. The Labute approximate surface area is 150 Å². The van der Waals surface area contributed by atoms with Gasteiger partial charge in [0.15, 0.2) is 0 Å². The Kier molecular flexibility index (Phi) is 4.39. The van der Waals surface area contributed by atoms with E-state index in [4.69, 9.17) is 16.3 Å². The predicted octanol–water partition coefficient (Wildman–Crippen LogP) is 4.65. The molecule has 1 aliphatic heterocycles. The lowest BCUT2D eigenvalue weighted by molar-refractivity contribution is 0.142. The van der Waals surface area contributed by atoms with Crippen LogP contribution in [0.3, 0.4) is 0 Å². The first kappa shape index (κ1) is 15.8. The number of ether oxygens (including phenoxy) is 1. The summed E-state index contributed by atoms with van der Waals surface area (Å²) in [5.41, 5.74) is 4.33. The maximum atomic E-state index is 6.05. The van der Waals surface area contributed by atoms with Crippen molar-refractivity contribution in [1.29, 1.82) is 0 Å². The number of nitrogens with zero attached hydrogens (tertiary/aromatic N) is 2. The number of halogens is 1. The zero-order valence-corrected chi connectivity index (χ0v) is 14.7. The second-order valence-electron chi connectivity index (χ2n) is 5.67. The Morgan fingerprint density at radius 2 is 2.08 bits per heavy atom. The number of thioether (sulfide) groups is 1. The van der Waals surface area contributed by atoms with Crippen LogP contribution in [0.2, 0.25) is 5.02 Å². The molecule has 123 valence electrons. The van der Waals surface area contributed by atoms with Gasteiger partial charge in [0.1, 0.15) is 12.0 Å². The van der Waals surface area contributed by atoms with Gasteiger partial charge in [-0.25, -0.2) is 4.98 Å². The number of fused-ring (bicyclic) bond motifs is 1. The second kappa shape index (κ2) is 6.67. The van der Waals surface area contributed by atoms with Crippen LogP contribution in [0.5, 0.6) is 0 Å². The lowest BCUT2D eigenvalue weighted by atomic mass is 10.0. The quantitative estimate of drug-likeness (QED) is 0.740. The summed E-state index contributed by atoms with van der Waals surface area (Å²) in [5.74, 6) is 0. The molecule has 2 unspecified atom stereocenters. The third kappa shape index (κ3) is 2.88. The van der Waals surface area contributed by atoms with Crippen molar-refractivity contribution in [2.45, 2.75) is 11.4 Å². The third-order valence-corrected chi connectivity index (χ3v) is 5.35. The normalized spacial score (nSPS) is 21.3. The van der Waals surface area contributed by atoms with Gasteiger partial charge in [0, 0.05) is 10.7 Å². The SMILES string of the molecule is CSC1[CH]OCC(c2ccc(Cl)cc2)N1c1ccc2[nH]cnc2c1. The fraction of sp³-hybridized carbons (Fsp3) is 0.222. The van der Waals surface area contributed by atoms with Crippen molar-refractivity contribution in [3.05, 3.63) is 66.0 Å². The van der Waals surface area contributed by atoms with Crippen molar-refractivity contribution >= 4 is 40.1 Å². The van der Waals surface area contributed by atoms with Gasteiger partial charge in [0.2, 0.25) is 0 Å². The van der Waals surface area contributed by atoms with Crippen LogP contribution in [0.1, 0.15) is 11.6 Å². The van der Waals surface area contributed by atoms with E-state index in [0.29, 0.717) is 6.61 Å². The molecule has 0 amide bonds. The average Bonchev–Trinajstić information content (AvgIpc) is 3.09. The van der Waals surface area contributed by atoms with E-state index >= 15 is 0 Å². The highest BCUT2D eigenvalue weighted by atomic mass is 35.5. The molecule has 0 aliphatic carbocycles. The first-order valence-corrected chi connectivity index (χ1v) is 9.37. The molecule has 1 radical (unpaired) electrons. The number of aromatic nitrogens is 2. The fourth-order valence-corrected chi connectivity index (χ4v) is 3.88. The first-order chi connectivity index (χ1) is 11.8. The summed E-state index contributed by atoms with van der Waals surface area (Å²) in [6.07, 6.45) is 3.82. The van der Waals surface area contributed by atoms with Gasteiger partial charge in [-0.1, -0.05) is 23.7 Å². The van der Waals surface area contributed by atoms with E-state index in [1.54, 1.807) is 18.1 Å². The zero-order valence-electron chi connectivity index (χ0n) is 13.1. The van der Waals surface area contributed by atoms with Crippen LogP contribution in [0.4, 0.5) is 5.69 Å². The van der Waals surface area contributed by atoms with Crippen molar-refractivity contribution in [1.82, 2.24) is 9.97 Å². The highest BCUT2D eigenvalue weighted by Crippen LogP contribution is 2.38. The number of nitrogens with one attached hydrogen (secondary N) is 1. The Morgan fingerprint density at radius 3 is 2.88 bits per heavy atom. The fourth-order valence-electron chi connectivity index (χ4n) is 3.07. The molecule has 1 aliphatic rings. The van der Waals surface area contributed by atoms with Gasteiger partial charge in [-0.05, 0) is 42.2 Å². The van der Waals surface area contributed by atoms with E-state index in [-0.39, 0.29) is 11.4 Å². The molecule has 4 rings (SSSR count). The summed E-state index contributed by atoms with van der Waals surface area (Å²) in [7, 11) is 0. The molecule has 1 saturated heterocycles. The van der Waals surface area contributed by atoms with Gasteiger partial charge in [-0.15, -0.1) is 11.8 Å². The van der Waals surface area contributed by atoms with E-state index in [1.807, 2.05) is 18.7 Å². The van der Waals surface area contributed by atoms with Crippen LogP contribution >= 0.6 is 23.4 Å². The zero-order chi connectivity index (χ0) is 16.5. The molecule has 6 heteroatoms. The number of anilines is 1. The van der Waals surface area contributed by atoms with Crippen molar-refractivity contribution in [3.8, 4) is 0 Å². The van der Waals surface area contributed by atoms with E-state index < -0.39 is 0 Å². The van der Waals surface area contributed by atoms with E-state index in [1.165, 1.54) is 5.56 Å². The minimum atomic E-state index is 0.126. The maximum Gasteiger partial charge on any atom is 0.116 e. The smallest absolute Gasteiger partial charge is 0.116 e. The summed E-state index contributed by atoms with van der Waals surface area (Å²) < 4.78 is 5.75. The molecule has 2 aromatic carbocycles.